The van der Waals surface area contributed by atoms with Gasteiger partial charge in [-0.15, -0.1) is 11.3 Å². The minimum Gasteiger partial charge on any atom is -0.451 e. The van der Waals surface area contributed by atoms with Gasteiger partial charge in [-0.3, -0.25) is 4.79 Å². The summed E-state index contributed by atoms with van der Waals surface area (Å²) < 4.78 is 7.05. The van der Waals surface area contributed by atoms with Gasteiger partial charge in [-0.05, 0) is 38.0 Å². The van der Waals surface area contributed by atoms with E-state index in [9.17, 15) is 9.59 Å². The summed E-state index contributed by atoms with van der Waals surface area (Å²) in [6.07, 6.45) is 7.97. The number of carbonyl (C=O) groups is 2. The molecule has 1 aliphatic rings. The molecule has 0 spiro atoms. The molecule has 0 aliphatic heterocycles. The van der Waals surface area contributed by atoms with Crippen LogP contribution in [0.25, 0.3) is 15.9 Å². The topological polar surface area (TPSA) is 73.2 Å². The first-order chi connectivity index (χ1) is 15.0. The van der Waals surface area contributed by atoms with E-state index in [4.69, 9.17) is 16.3 Å². The fourth-order valence-corrected chi connectivity index (χ4v) is 5.29. The van der Waals surface area contributed by atoms with Crippen LogP contribution in [-0.4, -0.2) is 34.3 Å². The van der Waals surface area contributed by atoms with Gasteiger partial charge in [-0.1, -0.05) is 55.8 Å². The van der Waals surface area contributed by atoms with Crippen molar-refractivity contribution in [3.05, 3.63) is 45.9 Å². The van der Waals surface area contributed by atoms with E-state index >= 15 is 0 Å². The molecule has 0 saturated heterocycles. The average molecular weight is 460 g/mol. The maximum absolute atomic E-state index is 12.6. The highest BCUT2D eigenvalue weighted by Gasteiger charge is 2.20. The highest BCUT2D eigenvalue weighted by molar-refractivity contribution is 7.20. The highest BCUT2D eigenvalue weighted by Crippen LogP contribution is 2.32. The van der Waals surface area contributed by atoms with Crippen molar-refractivity contribution in [3.63, 3.8) is 0 Å². The van der Waals surface area contributed by atoms with Crippen LogP contribution in [0.2, 0.25) is 5.02 Å². The Morgan fingerprint density at radius 3 is 2.65 bits per heavy atom. The molecular weight excluding hydrogens is 434 g/mol. The van der Waals surface area contributed by atoms with Crippen LogP contribution in [-0.2, 0) is 9.53 Å². The third-order valence-corrected chi connectivity index (χ3v) is 7.04. The summed E-state index contributed by atoms with van der Waals surface area (Å²) in [7, 11) is 0. The van der Waals surface area contributed by atoms with Crippen LogP contribution in [0.3, 0.4) is 0 Å². The van der Waals surface area contributed by atoms with Gasteiger partial charge < -0.3 is 10.1 Å². The van der Waals surface area contributed by atoms with Crippen LogP contribution in [0, 0.1) is 6.92 Å². The summed E-state index contributed by atoms with van der Waals surface area (Å²) in [4.78, 5) is 26.1. The molecule has 164 valence electrons. The third-order valence-electron chi connectivity index (χ3n) is 5.63. The molecule has 2 heterocycles. The molecule has 31 heavy (non-hydrogen) atoms. The Kier molecular flexibility index (Phi) is 6.92. The Hall–Kier alpha value is -2.38. The number of benzene rings is 1. The van der Waals surface area contributed by atoms with E-state index in [1.165, 1.54) is 30.6 Å². The Morgan fingerprint density at radius 2 is 1.90 bits per heavy atom. The van der Waals surface area contributed by atoms with Crippen LogP contribution >= 0.6 is 22.9 Å². The summed E-state index contributed by atoms with van der Waals surface area (Å²) >= 11 is 7.61. The van der Waals surface area contributed by atoms with E-state index in [0.717, 1.165) is 47.3 Å². The van der Waals surface area contributed by atoms with Gasteiger partial charge in [0.25, 0.3) is 5.91 Å². The molecule has 8 heteroatoms. The first kappa shape index (κ1) is 21.8. The van der Waals surface area contributed by atoms with Crippen LogP contribution < -0.4 is 5.32 Å². The van der Waals surface area contributed by atoms with Crippen molar-refractivity contribution < 1.29 is 14.3 Å². The Labute approximate surface area is 190 Å². The molecule has 0 radical (unpaired) electrons. The van der Waals surface area contributed by atoms with E-state index in [1.54, 1.807) is 16.8 Å². The summed E-state index contributed by atoms with van der Waals surface area (Å²) in [5, 5.41) is 9.03. The summed E-state index contributed by atoms with van der Waals surface area (Å²) in [6, 6.07) is 9.38. The van der Waals surface area contributed by atoms with Crippen LogP contribution in [0.4, 0.5) is 0 Å². The van der Waals surface area contributed by atoms with Crippen molar-refractivity contribution in [1.29, 1.82) is 0 Å². The van der Waals surface area contributed by atoms with Gasteiger partial charge >= 0.3 is 5.97 Å². The number of halogens is 1. The number of fused-ring (bicyclic) bond motifs is 1. The molecule has 0 unspecified atom stereocenters. The summed E-state index contributed by atoms with van der Waals surface area (Å²) in [5.74, 6) is -0.738. The monoisotopic (exact) mass is 459 g/mol. The zero-order valence-corrected chi connectivity index (χ0v) is 19.1. The van der Waals surface area contributed by atoms with Crippen LogP contribution in [0.1, 0.15) is 60.3 Å². The molecular formula is C23H26ClN3O3S. The molecule has 6 nitrogen and oxygen atoms in total. The number of rotatable bonds is 5. The van der Waals surface area contributed by atoms with Gasteiger partial charge in [-0.2, -0.15) is 5.10 Å². The number of thiophene rings is 1. The third kappa shape index (κ3) is 5.10. The van der Waals surface area contributed by atoms with Crippen molar-refractivity contribution in [1.82, 2.24) is 15.1 Å². The molecule has 1 N–H and O–H groups in total. The minimum atomic E-state index is -0.501. The number of para-hydroxylation sites is 1. The zero-order chi connectivity index (χ0) is 21.8. The number of esters is 1. The summed E-state index contributed by atoms with van der Waals surface area (Å²) in [5.41, 5.74) is 1.55. The van der Waals surface area contributed by atoms with Gasteiger partial charge in [-0.25, -0.2) is 9.48 Å². The molecule has 3 aromatic rings. The van der Waals surface area contributed by atoms with Crippen molar-refractivity contribution in [3.8, 4) is 5.69 Å². The number of hydrogen-bond donors (Lipinski definition) is 1. The van der Waals surface area contributed by atoms with Crippen LogP contribution in [0.5, 0.6) is 0 Å². The number of aryl methyl sites for hydroxylation is 1. The molecule has 2 aromatic heterocycles. The number of carbonyl (C=O) groups excluding carboxylic acids is 2. The number of nitrogens with zero attached hydrogens (tertiary/aromatic N) is 2. The maximum Gasteiger partial charge on any atom is 0.348 e. The lowest BCUT2D eigenvalue weighted by atomic mass is 9.97. The molecule has 1 saturated carbocycles. The lowest BCUT2D eigenvalue weighted by molar-refractivity contribution is -0.125. The van der Waals surface area contributed by atoms with Crippen molar-refractivity contribution in [2.45, 2.75) is 57.9 Å². The van der Waals surface area contributed by atoms with Crippen LogP contribution in [0.15, 0.2) is 30.3 Å². The van der Waals surface area contributed by atoms with E-state index < -0.39 is 5.97 Å². The first-order valence-corrected chi connectivity index (χ1v) is 11.9. The molecule has 0 bridgehead atoms. The number of hydrogen-bond acceptors (Lipinski definition) is 5. The van der Waals surface area contributed by atoms with Gasteiger partial charge in [0.1, 0.15) is 9.71 Å². The Bertz CT molecular complexity index is 1080. The molecule has 0 atom stereocenters. The fraction of sp³-hybridized carbons (Fsp3) is 0.435. The van der Waals surface area contributed by atoms with E-state index in [-0.39, 0.29) is 18.6 Å². The predicted molar refractivity (Wildman–Crippen MR) is 123 cm³/mol. The number of ether oxygens (including phenoxy) is 1. The second-order valence-electron chi connectivity index (χ2n) is 7.96. The first-order valence-electron chi connectivity index (χ1n) is 10.7. The Morgan fingerprint density at radius 1 is 1.19 bits per heavy atom. The standard InChI is InChI=1S/C23H26ClN3O3S/c1-15-17-13-20(31-22(17)27(26-15)19-12-8-7-11-18(19)24)23(29)30-14-21(28)25-16-9-5-3-2-4-6-10-16/h7-8,11-13,16H,2-6,9-10,14H2,1H3,(H,25,28). The second kappa shape index (κ2) is 9.83. The molecule has 1 aromatic carbocycles. The molecule has 1 aliphatic carbocycles. The SMILES string of the molecule is Cc1nn(-c2ccccc2Cl)c2sc(C(=O)OCC(=O)NC3CCCCCCC3)cc12. The fourth-order valence-electron chi connectivity index (χ4n) is 4.01. The zero-order valence-electron chi connectivity index (χ0n) is 17.5. The average Bonchev–Trinajstić information content (AvgIpc) is 3.29. The number of amides is 1. The van der Waals surface area contributed by atoms with Gasteiger partial charge in [0.2, 0.25) is 0 Å². The van der Waals surface area contributed by atoms with Crippen molar-refractivity contribution in [2.75, 3.05) is 6.61 Å². The van der Waals surface area contributed by atoms with E-state index in [1.807, 2.05) is 25.1 Å². The van der Waals surface area contributed by atoms with Gasteiger partial charge in [0.15, 0.2) is 6.61 Å². The van der Waals surface area contributed by atoms with Gasteiger partial charge in [0, 0.05) is 11.4 Å². The smallest absolute Gasteiger partial charge is 0.348 e. The molecule has 1 fully saturated rings. The number of nitrogens with one attached hydrogen (secondary N) is 1. The van der Waals surface area contributed by atoms with Gasteiger partial charge in [0.05, 0.1) is 16.4 Å². The van der Waals surface area contributed by atoms with E-state index in [2.05, 4.69) is 10.4 Å². The van der Waals surface area contributed by atoms with E-state index in [0.29, 0.717) is 9.90 Å². The molecule has 1 amide bonds. The van der Waals surface area contributed by atoms with Crippen molar-refractivity contribution in [2.24, 2.45) is 0 Å². The minimum absolute atomic E-state index is 0.181. The normalized spacial score (nSPS) is 15.4. The largest absolute Gasteiger partial charge is 0.451 e. The lowest BCUT2D eigenvalue weighted by Gasteiger charge is -2.20. The number of aromatic nitrogens is 2. The maximum atomic E-state index is 12.6. The lowest BCUT2D eigenvalue weighted by Crippen LogP contribution is -2.38. The predicted octanol–water partition coefficient (Wildman–Crippen LogP) is 5.43. The molecule has 4 rings (SSSR count). The Balaban J connectivity index is 1.42. The summed E-state index contributed by atoms with van der Waals surface area (Å²) in [6.45, 7) is 1.62. The van der Waals surface area contributed by atoms with Crippen molar-refractivity contribution >= 4 is 45.0 Å². The highest BCUT2D eigenvalue weighted by atomic mass is 35.5. The quantitative estimate of drug-likeness (QED) is 0.516. The second-order valence-corrected chi connectivity index (χ2v) is 9.40.